The summed E-state index contributed by atoms with van der Waals surface area (Å²) in [6, 6.07) is 0. The second-order valence-corrected chi connectivity index (χ2v) is 6.43. The molecule has 1 aromatic rings. The van der Waals surface area contributed by atoms with Crippen molar-refractivity contribution in [1.82, 2.24) is 14.7 Å². The Bertz CT molecular complexity index is 519. The SMILES string of the molecule is CCCNc1ncc(C)c(NCCCNS(C)(=O)=O)n1. The summed E-state index contributed by atoms with van der Waals surface area (Å²) >= 11 is 0. The highest BCUT2D eigenvalue weighted by Gasteiger charge is 2.03. The van der Waals surface area contributed by atoms with Gasteiger partial charge in [0.2, 0.25) is 16.0 Å². The van der Waals surface area contributed by atoms with Crippen LogP contribution in [-0.4, -0.2) is 44.3 Å². The molecule has 0 unspecified atom stereocenters. The Morgan fingerprint density at radius 2 is 1.95 bits per heavy atom. The average Bonchev–Trinajstić information content (AvgIpc) is 2.37. The van der Waals surface area contributed by atoms with Gasteiger partial charge in [0.05, 0.1) is 6.26 Å². The van der Waals surface area contributed by atoms with Crippen molar-refractivity contribution in [2.24, 2.45) is 0 Å². The van der Waals surface area contributed by atoms with Crippen LogP contribution >= 0.6 is 0 Å². The maximum Gasteiger partial charge on any atom is 0.224 e. The van der Waals surface area contributed by atoms with Crippen LogP contribution in [0.3, 0.4) is 0 Å². The van der Waals surface area contributed by atoms with E-state index >= 15 is 0 Å². The summed E-state index contributed by atoms with van der Waals surface area (Å²) in [7, 11) is -3.11. The number of hydrogen-bond donors (Lipinski definition) is 3. The van der Waals surface area contributed by atoms with Crippen molar-refractivity contribution < 1.29 is 8.42 Å². The molecule has 1 aromatic heterocycles. The first kappa shape index (κ1) is 16.6. The van der Waals surface area contributed by atoms with Crippen LogP contribution in [0.15, 0.2) is 6.20 Å². The molecule has 0 saturated heterocycles. The van der Waals surface area contributed by atoms with Crippen molar-refractivity contribution in [3.05, 3.63) is 11.8 Å². The number of rotatable bonds is 9. The number of nitrogens with one attached hydrogen (secondary N) is 3. The lowest BCUT2D eigenvalue weighted by atomic mass is 10.3. The summed E-state index contributed by atoms with van der Waals surface area (Å²) in [6.45, 7) is 5.90. The third-order valence-corrected chi connectivity index (χ3v) is 3.24. The van der Waals surface area contributed by atoms with Crippen LogP contribution in [0.5, 0.6) is 0 Å². The number of sulfonamides is 1. The van der Waals surface area contributed by atoms with Gasteiger partial charge in [0.25, 0.3) is 0 Å². The van der Waals surface area contributed by atoms with Gasteiger partial charge < -0.3 is 10.6 Å². The van der Waals surface area contributed by atoms with Crippen LogP contribution in [-0.2, 0) is 10.0 Å². The molecule has 0 spiro atoms. The van der Waals surface area contributed by atoms with Gasteiger partial charge in [-0.05, 0) is 19.8 Å². The van der Waals surface area contributed by atoms with E-state index in [0.29, 0.717) is 25.5 Å². The van der Waals surface area contributed by atoms with Gasteiger partial charge in [-0.3, -0.25) is 0 Å². The van der Waals surface area contributed by atoms with Gasteiger partial charge in [-0.15, -0.1) is 0 Å². The topological polar surface area (TPSA) is 96.0 Å². The highest BCUT2D eigenvalue weighted by molar-refractivity contribution is 7.88. The molecular formula is C12H23N5O2S. The van der Waals surface area contributed by atoms with E-state index in [1.54, 1.807) is 6.20 Å². The fourth-order valence-corrected chi connectivity index (χ4v) is 2.01. The van der Waals surface area contributed by atoms with E-state index in [2.05, 4.69) is 32.2 Å². The largest absolute Gasteiger partial charge is 0.370 e. The van der Waals surface area contributed by atoms with Gasteiger partial charge in [-0.1, -0.05) is 6.92 Å². The molecule has 114 valence electrons. The van der Waals surface area contributed by atoms with Crippen LogP contribution in [0.1, 0.15) is 25.3 Å². The standard InChI is InChI=1S/C12H23N5O2S/c1-4-6-14-12-15-9-10(2)11(17-12)13-7-5-8-16-20(3,18)19/h9,16H,4-8H2,1-3H3,(H2,13,14,15,17). The highest BCUT2D eigenvalue weighted by atomic mass is 32.2. The molecule has 0 atom stereocenters. The summed E-state index contributed by atoms with van der Waals surface area (Å²) in [5, 5.41) is 6.32. The fraction of sp³-hybridized carbons (Fsp3) is 0.667. The maximum absolute atomic E-state index is 10.9. The molecule has 0 amide bonds. The van der Waals surface area contributed by atoms with E-state index in [0.717, 1.165) is 30.6 Å². The molecule has 0 aliphatic heterocycles. The van der Waals surface area contributed by atoms with Crippen molar-refractivity contribution >= 4 is 21.8 Å². The van der Waals surface area contributed by atoms with E-state index in [4.69, 9.17) is 0 Å². The zero-order chi connectivity index (χ0) is 15.0. The Balaban J connectivity index is 2.42. The molecule has 0 aliphatic rings. The van der Waals surface area contributed by atoms with Crippen LogP contribution in [0.4, 0.5) is 11.8 Å². The van der Waals surface area contributed by atoms with Crippen molar-refractivity contribution in [2.75, 3.05) is 36.5 Å². The highest BCUT2D eigenvalue weighted by Crippen LogP contribution is 2.12. The molecule has 1 rings (SSSR count). The van der Waals surface area contributed by atoms with E-state index in [-0.39, 0.29) is 0 Å². The fourth-order valence-electron chi connectivity index (χ4n) is 1.50. The Morgan fingerprint density at radius 1 is 1.20 bits per heavy atom. The van der Waals surface area contributed by atoms with Crippen molar-refractivity contribution in [3.63, 3.8) is 0 Å². The summed E-state index contributed by atoms with van der Waals surface area (Å²) < 4.78 is 24.3. The average molecular weight is 301 g/mol. The van der Waals surface area contributed by atoms with Crippen molar-refractivity contribution in [3.8, 4) is 0 Å². The molecule has 0 radical (unpaired) electrons. The summed E-state index contributed by atoms with van der Waals surface area (Å²) in [5.41, 5.74) is 0.961. The maximum atomic E-state index is 10.9. The van der Waals surface area contributed by atoms with Gasteiger partial charge in [0.15, 0.2) is 0 Å². The molecular weight excluding hydrogens is 278 g/mol. The number of anilines is 2. The monoisotopic (exact) mass is 301 g/mol. The molecule has 8 heteroatoms. The van der Waals surface area contributed by atoms with Gasteiger partial charge in [0, 0.05) is 31.4 Å². The minimum absolute atomic E-state index is 0.414. The van der Waals surface area contributed by atoms with E-state index in [9.17, 15) is 8.42 Å². The summed E-state index contributed by atoms with van der Waals surface area (Å²) in [4.78, 5) is 8.58. The molecule has 0 aromatic carbocycles. The first-order valence-electron chi connectivity index (χ1n) is 6.68. The summed E-state index contributed by atoms with van der Waals surface area (Å²) in [6.07, 6.45) is 4.62. The number of nitrogens with zero attached hydrogens (tertiary/aromatic N) is 2. The van der Waals surface area contributed by atoms with Crippen molar-refractivity contribution in [2.45, 2.75) is 26.7 Å². The molecule has 0 saturated carbocycles. The van der Waals surface area contributed by atoms with E-state index in [1.165, 1.54) is 0 Å². The third kappa shape index (κ3) is 6.67. The van der Waals surface area contributed by atoms with E-state index < -0.39 is 10.0 Å². The quantitative estimate of drug-likeness (QED) is 0.588. The summed E-state index contributed by atoms with van der Waals surface area (Å²) in [5.74, 6) is 1.38. The second kappa shape index (κ2) is 8.01. The first-order chi connectivity index (χ1) is 9.42. The second-order valence-electron chi connectivity index (χ2n) is 4.60. The van der Waals surface area contributed by atoms with Crippen molar-refractivity contribution in [1.29, 1.82) is 0 Å². The Labute approximate surface area is 120 Å². The molecule has 0 fully saturated rings. The molecule has 7 nitrogen and oxygen atoms in total. The Kier molecular flexibility index (Phi) is 6.66. The normalized spacial score (nSPS) is 11.3. The lowest BCUT2D eigenvalue weighted by Crippen LogP contribution is -2.24. The lowest BCUT2D eigenvalue weighted by molar-refractivity contribution is 0.586. The van der Waals surface area contributed by atoms with Gasteiger partial charge in [0.1, 0.15) is 5.82 Å². The number of aryl methyl sites for hydroxylation is 1. The van der Waals surface area contributed by atoms with Gasteiger partial charge in [-0.2, -0.15) is 4.98 Å². The Morgan fingerprint density at radius 3 is 2.60 bits per heavy atom. The predicted molar refractivity (Wildman–Crippen MR) is 81.5 cm³/mol. The van der Waals surface area contributed by atoms with Gasteiger partial charge >= 0.3 is 0 Å². The van der Waals surface area contributed by atoms with E-state index in [1.807, 2.05) is 6.92 Å². The molecule has 20 heavy (non-hydrogen) atoms. The number of aromatic nitrogens is 2. The molecule has 0 aliphatic carbocycles. The smallest absolute Gasteiger partial charge is 0.224 e. The van der Waals surface area contributed by atoms with Crippen LogP contribution in [0, 0.1) is 6.92 Å². The van der Waals surface area contributed by atoms with Crippen LogP contribution in [0.2, 0.25) is 0 Å². The number of hydrogen-bond acceptors (Lipinski definition) is 6. The van der Waals surface area contributed by atoms with Gasteiger partial charge in [-0.25, -0.2) is 18.1 Å². The molecule has 1 heterocycles. The predicted octanol–water partition coefficient (Wildman–Crippen LogP) is 0.958. The van der Waals surface area contributed by atoms with Crippen LogP contribution < -0.4 is 15.4 Å². The first-order valence-corrected chi connectivity index (χ1v) is 8.57. The molecule has 0 bridgehead atoms. The molecule has 3 N–H and O–H groups in total. The minimum Gasteiger partial charge on any atom is -0.370 e. The zero-order valence-electron chi connectivity index (χ0n) is 12.2. The minimum atomic E-state index is -3.11. The Hall–Kier alpha value is -1.41. The zero-order valence-corrected chi connectivity index (χ0v) is 13.0. The third-order valence-electron chi connectivity index (χ3n) is 2.52. The van der Waals surface area contributed by atoms with Crippen LogP contribution in [0.25, 0.3) is 0 Å². The lowest BCUT2D eigenvalue weighted by Gasteiger charge is -2.10.